The second kappa shape index (κ2) is 7.95. The number of ether oxygens (including phenoxy) is 1. The smallest absolute Gasteiger partial charge is 0.410 e. The van der Waals surface area contributed by atoms with Crippen LogP contribution >= 0.6 is 11.6 Å². The van der Waals surface area contributed by atoms with Crippen molar-refractivity contribution in [1.29, 1.82) is 0 Å². The van der Waals surface area contributed by atoms with E-state index in [9.17, 15) is 4.79 Å². The maximum absolute atomic E-state index is 12.2. The highest BCUT2D eigenvalue weighted by molar-refractivity contribution is 6.29. The first-order valence-corrected chi connectivity index (χ1v) is 9.83. The number of likely N-dealkylation sites (tertiary alicyclic amines) is 1. The Kier molecular flexibility index (Phi) is 5.79. The minimum Gasteiger partial charge on any atom is -0.444 e. The normalized spacial score (nSPS) is 16.8. The molecule has 0 aliphatic carbocycles. The van der Waals surface area contributed by atoms with E-state index in [1.807, 2.05) is 33.2 Å². The Morgan fingerprint density at radius 1 is 1.32 bits per heavy atom. The van der Waals surface area contributed by atoms with Gasteiger partial charge in [0.1, 0.15) is 11.3 Å². The number of halogens is 1. The van der Waals surface area contributed by atoms with Crippen LogP contribution < -0.4 is 5.73 Å². The van der Waals surface area contributed by atoms with E-state index in [2.05, 4.69) is 22.2 Å². The molecule has 9 heteroatoms. The Morgan fingerprint density at radius 3 is 2.64 bits per heavy atom. The van der Waals surface area contributed by atoms with Gasteiger partial charge in [-0.2, -0.15) is 5.10 Å². The summed E-state index contributed by atoms with van der Waals surface area (Å²) in [6, 6.07) is 1.64. The summed E-state index contributed by atoms with van der Waals surface area (Å²) in [7, 11) is 0. The van der Waals surface area contributed by atoms with E-state index < -0.39 is 5.60 Å². The third-order valence-electron chi connectivity index (χ3n) is 5.05. The van der Waals surface area contributed by atoms with Crippen molar-refractivity contribution in [3.05, 3.63) is 29.2 Å². The Hall–Kier alpha value is -2.35. The van der Waals surface area contributed by atoms with Crippen molar-refractivity contribution in [3.8, 4) is 5.69 Å². The first-order valence-electron chi connectivity index (χ1n) is 9.45. The number of carbonyl (C=O) groups excluding carboxylic acids is 1. The van der Waals surface area contributed by atoms with Crippen LogP contribution in [0, 0.1) is 5.92 Å². The Balaban J connectivity index is 1.63. The lowest BCUT2D eigenvalue weighted by atomic mass is 9.82. The van der Waals surface area contributed by atoms with Crippen molar-refractivity contribution in [2.75, 3.05) is 18.8 Å². The zero-order chi connectivity index (χ0) is 20.5. The van der Waals surface area contributed by atoms with Gasteiger partial charge < -0.3 is 15.4 Å². The molecular formula is C19H27ClN6O2. The van der Waals surface area contributed by atoms with Crippen LogP contribution in [0.25, 0.3) is 5.69 Å². The van der Waals surface area contributed by atoms with Crippen molar-refractivity contribution >= 4 is 23.5 Å². The van der Waals surface area contributed by atoms with Crippen LogP contribution in [-0.4, -0.2) is 49.7 Å². The van der Waals surface area contributed by atoms with E-state index in [4.69, 9.17) is 22.1 Å². The zero-order valence-corrected chi connectivity index (χ0v) is 17.5. The Bertz CT molecular complexity index is 839. The highest BCUT2D eigenvalue weighted by atomic mass is 35.5. The number of anilines is 1. The van der Waals surface area contributed by atoms with Gasteiger partial charge in [0.25, 0.3) is 0 Å². The predicted octanol–water partition coefficient (Wildman–Crippen LogP) is 3.65. The second-order valence-electron chi connectivity index (χ2n) is 8.25. The molecule has 0 saturated carbocycles. The van der Waals surface area contributed by atoms with E-state index in [1.54, 1.807) is 15.6 Å². The van der Waals surface area contributed by atoms with E-state index in [-0.39, 0.29) is 17.1 Å². The molecule has 2 aromatic heterocycles. The van der Waals surface area contributed by atoms with Crippen molar-refractivity contribution in [3.63, 3.8) is 0 Å². The number of nitrogen functional groups attached to an aromatic ring is 1. The zero-order valence-electron chi connectivity index (χ0n) is 16.7. The van der Waals surface area contributed by atoms with Gasteiger partial charge in [-0.3, -0.25) is 0 Å². The van der Waals surface area contributed by atoms with Crippen molar-refractivity contribution in [1.82, 2.24) is 24.9 Å². The van der Waals surface area contributed by atoms with Crippen LogP contribution in [0.3, 0.4) is 0 Å². The number of rotatable bonds is 3. The third kappa shape index (κ3) is 4.73. The van der Waals surface area contributed by atoms with E-state index in [0.717, 1.165) is 18.4 Å². The number of hydrogen-bond donors (Lipinski definition) is 1. The predicted molar refractivity (Wildman–Crippen MR) is 108 cm³/mol. The molecule has 2 aromatic rings. The molecule has 8 nitrogen and oxygen atoms in total. The van der Waals surface area contributed by atoms with E-state index >= 15 is 0 Å². The van der Waals surface area contributed by atoms with Gasteiger partial charge >= 0.3 is 6.09 Å². The molecule has 1 atom stereocenters. The van der Waals surface area contributed by atoms with Gasteiger partial charge in [-0.15, -0.1) is 10.2 Å². The average molecular weight is 407 g/mol. The van der Waals surface area contributed by atoms with Gasteiger partial charge in [-0.25, -0.2) is 9.48 Å². The summed E-state index contributed by atoms with van der Waals surface area (Å²) in [6.45, 7) is 9.25. The minimum atomic E-state index is -0.470. The molecule has 1 unspecified atom stereocenters. The van der Waals surface area contributed by atoms with Gasteiger partial charge in [0.15, 0.2) is 11.0 Å². The molecule has 1 aliphatic heterocycles. The van der Waals surface area contributed by atoms with Gasteiger partial charge in [0.05, 0.1) is 6.20 Å². The first kappa shape index (κ1) is 20.4. The van der Waals surface area contributed by atoms with Gasteiger partial charge in [-0.05, 0) is 51.0 Å². The highest BCUT2D eigenvalue weighted by Crippen LogP contribution is 2.33. The number of carbonyl (C=O) groups is 1. The maximum atomic E-state index is 12.2. The number of piperidine rings is 1. The fourth-order valence-corrected chi connectivity index (χ4v) is 3.58. The topological polar surface area (TPSA) is 99.2 Å². The molecular weight excluding hydrogens is 380 g/mol. The van der Waals surface area contributed by atoms with Gasteiger partial charge in [-0.1, -0.05) is 18.5 Å². The molecule has 3 rings (SSSR count). The third-order valence-corrected chi connectivity index (χ3v) is 5.23. The monoisotopic (exact) mass is 406 g/mol. The highest BCUT2D eigenvalue weighted by Gasteiger charge is 2.30. The van der Waals surface area contributed by atoms with E-state index in [1.165, 1.54) is 0 Å². The number of amides is 1. The summed E-state index contributed by atoms with van der Waals surface area (Å²) in [5, 5.41) is 12.2. The summed E-state index contributed by atoms with van der Waals surface area (Å²) in [5.41, 5.74) is 7.15. The van der Waals surface area contributed by atoms with Crippen molar-refractivity contribution in [2.45, 2.75) is 52.1 Å². The lowest BCUT2D eigenvalue weighted by molar-refractivity contribution is 0.0176. The number of hydrogen-bond acceptors (Lipinski definition) is 6. The molecule has 0 bridgehead atoms. The number of nitrogens with two attached hydrogens (primary N) is 1. The SMILES string of the molecule is CC(c1cnn(-c2cc(Cl)nnc2N)c1)C1CCN(C(=O)OC(C)(C)C)CC1. The molecule has 1 fully saturated rings. The van der Waals surface area contributed by atoms with Crippen LogP contribution in [0.5, 0.6) is 0 Å². The lowest BCUT2D eigenvalue weighted by Crippen LogP contribution is -2.42. The summed E-state index contributed by atoms with van der Waals surface area (Å²) >= 11 is 5.92. The second-order valence-corrected chi connectivity index (χ2v) is 8.64. The molecule has 152 valence electrons. The summed E-state index contributed by atoms with van der Waals surface area (Å²) in [6.07, 6.45) is 5.42. The molecule has 0 radical (unpaired) electrons. The summed E-state index contributed by atoms with van der Waals surface area (Å²) < 4.78 is 7.15. The quantitative estimate of drug-likeness (QED) is 0.835. The largest absolute Gasteiger partial charge is 0.444 e. The van der Waals surface area contributed by atoms with Gasteiger partial charge in [0.2, 0.25) is 0 Å². The van der Waals surface area contributed by atoms with Gasteiger partial charge in [0, 0.05) is 25.4 Å². The molecule has 28 heavy (non-hydrogen) atoms. The van der Waals surface area contributed by atoms with Crippen LogP contribution in [0.1, 0.15) is 52.0 Å². The Morgan fingerprint density at radius 2 is 2.00 bits per heavy atom. The van der Waals surface area contributed by atoms with Crippen LogP contribution in [0.2, 0.25) is 5.15 Å². The number of nitrogens with zero attached hydrogens (tertiary/aromatic N) is 5. The molecule has 0 aromatic carbocycles. The molecule has 0 spiro atoms. The summed E-state index contributed by atoms with van der Waals surface area (Å²) in [4.78, 5) is 14.0. The van der Waals surface area contributed by atoms with E-state index in [0.29, 0.717) is 30.6 Å². The molecule has 1 saturated heterocycles. The fraction of sp³-hybridized carbons (Fsp3) is 0.579. The lowest BCUT2D eigenvalue weighted by Gasteiger charge is -2.35. The summed E-state index contributed by atoms with van der Waals surface area (Å²) in [5.74, 6) is 1.05. The Labute approximate surface area is 170 Å². The average Bonchev–Trinajstić information content (AvgIpc) is 3.11. The van der Waals surface area contributed by atoms with Crippen LogP contribution in [-0.2, 0) is 4.74 Å². The standard InChI is InChI=1S/C19H27ClN6O2/c1-12(13-5-7-25(8-6-13)18(27)28-19(2,3)4)14-10-22-26(11-14)15-9-16(20)23-24-17(15)21/h9-13H,5-8H2,1-4H3,(H2,21,24). The van der Waals surface area contributed by atoms with Crippen LogP contribution in [0.4, 0.5) is 10.6 Å². The van der Waals surface area contributed by atoms with Crippen molar-refractivity contribution in [2.24, 2.45) is 5.92 Å². The molecule has 3 heterocycles. The number of aromatic nitrogens is 4. The first-order chi connectivity index (χ1) is 13.1. The maximum Gasteiger partial charge on any atom is 0.410 e. The fourth-order valence-electron chi connectivity index (χ4n) is 3.44. The molecule has 2 N–H and O–H groups in total. The van der Waals surface area contributed by atoms with Crippen molar-refractivity contribution < 1.29 is 9.53 Å². The minimum absolute atomic E-state index is 0.232. The molecule has 1 aliphatic rings. The molecule has 1 amide bonds. The van der Waals surface area contributed by atoms with Crippen LogP contribution in [0.15, 0.2) is 18.5 Å².